The van der Waals surface area contributed by atoms with Gasteiger partial charge >= 0.3 is 0 Å². The van der Waals surface area contributed by atoms with Crippen LogP contribution in [0.5, 0.6) is 5.75 Å². The third-order valence-corrected chi connectivity index (χ3v) is 10.1. The predicted octanol–water partition coefficient (Wildman–Crippen LogP) is 10.4. The molecule has 5 heteroatoms. The standard InChI is InChI=1S/C35H52F2O3/c1-5-7-25-12-13-31-21-30(15-14-29(31)20-25)28-16-18-32(19-17-28)39-22-26-8-10-27(11-9-26)23-40-33(6-2)35(37)34(36)24(3)38-4/h16-19,25-27,29-31H,5-15,20-23H2,1-4H3/b34-24-,35-33-. The highest BCUT2D eigenvalue weighted by atomic mass is 19.2. The maximum atomic E-state index is 14.4. The number of rotatable bonds is 12. The van der Waals surface area contributed by atoms with Gasteiger partial charge < -0.3 is 14.2 Å². The molecule has 3 aliphatic rings. The highest BCUT2D eigenvalue weighted by molar-refractivity contribution is 5.30. The van der Waals surface area contributed by atoms with Crippen molar-refractivity contribution in [2.75, 3.05) is 20.3 Å². The van der Waals surface area contributed by atoms with Crippen LogP contribution in [0.25, 0.3) is 0 Å². The molecule has 1 aromatic rings. The monoisotopic (exact) mass is 558 g/mol. The molecule has 0 spiro atoms. The zero-order valence-electron chi connectivity index (χ0n) is 25.4. The van der Waals surface area contributed by atoms with E-state index in [-0.39, 0.29) is 11.5 Å². The molecule has 0 N–H and O–H groups in total. The fourth-order valence-corrected chi connectivity index (χ4v) is 7.48. The summed E-state index contributed by atoms with van der Waals surface area (Å²) < 4.78 is 45.3. The van der Waals surface area contributed by atoms with E-state index in [1.807, 2.05) is 0 Å². The molecule has 0 bridgehead atoms. The van der Waals surface area contributed by atoms with E-state index in [0.29, 0.717) is 30.8 Å². The molecular formula is C35H52F2O3. The predicted molar refractivity (Wildman–Crippen MR) is 158 cm³/mol. The molecule has 0 heterocycles. The number of hydrogen-bond donors (Lipinski definition) is 0. The summed E-state index contributed by atoms with van der Waals surface area (Å²) in [5, 5.41) is 0. The topological polar surface area (TPSA) is 27.7 Å². The molecule has 4 unspecified atom stereocenters. The second kappa shape index (κ2) is 15.3. The minimum atomic E-state index is -0.981. The zero-order chi connectivity index (χ0) is 28.5. The van der Waals surface area contributed by atoms with Crippen LogP contribution in [0, 0.1) is 29.6 Å². The van der Waals surface area contributed by atoms with Crippen molar-refractivity contribution in [3.05, 3.63) is 53.0 Å². The van der Waals surface area contributed by atoms with Crippen LogP contribution in [0.2, 0.25) is 0 Å². The van der Waals surface area contributed by atoms with Gasteiger partial charge in [0.05, 0.1) is 20.3 Å². The van der Waals surface area contributed by atoms with Gasteiger partial charge in [-0.3, -0.25) is 0 Å². The van der Waals surface area contributed by atoms with Gasteiger partial charge in [-0.15, -0.1) is 0 Å². The number of benzene rings is 1. The Morgan fingerprint density at radius 2 is 1.40 bits per heavy atom. The summed E-state index contributed by atoms with van der Waals surface area (Å²) in [5.41, 5.74) is 1.49. The molecule has 3 aliphatic carbocycles. The van der Waals surface area contributed by atoms with Gasteiger partial charge in [-0.2, -0.15) is 8.78 Å². The maximum absolute atomic E-state index is 14.4. The Labute approximate surface area is 241 Å². The van der Waals surface area contributed by atoms with E-state index < -0.39 is 11.7 Å². The SMILES string of the molecule is CCCC1CCC2CC(c3ccc(OCC4CCC(CO/C(CC)=C(F)/C(F)=C(\C)OC)CC4)cc3)CCC2C1. The molecule has 4 rings (SSSR count). The molecule has 40 heavy (non-hydrogen) atoms. The van der Waals surface area contributed by atoms with E-state index in [1.165, 1.54) is 71.0 Å². The summed E-state index contributed by atoms with van der Waals surface area (Å²) >= 11 is 0. The molecule has 0 saturated heterocycles. The first-order chi connectivity index (χ1) is 19.4. The van der Waals surface area contributed by atoms with Crippen LogP contribution in [0.15, 0.2) is 47.4 Å². The minimum Gasteiger partial charge on any atom is -0.498 e. The van der Waals surface area contributed by atoms with Crippen molar-refractivity contribution in [3.8, 4) is 5.75 Å². The third-order valence-electron chi connectivity index (χ3n) is 10.1. The van der Waals surface area contributed by atoms with Gasteiger partial charge in [-0.05, 0) is 118 Å². The molecule has 4 atom stereocenters. The Bertz CT molecular complexity index is 977. The van der Waals surface area contributed by atoms with E-state index in [2.05, 4.69) is 31.2 Å². The van der Waals surface area contributed by atoms with Crippen LogP contribution in [-0.2, 0) is 9.47 Å². The lowest BCUT2D eigenvalue weighted by atomic mass is 9.63. The zero-order valence-corrected chi connectivity index (χ0v) is 25.4. The van der Waals surface area contributed by atoms with Crippen LogP contribution >= 0.6 is 0 Å². The minimum absolute atomic E-state index is 0.0650. The molecular weight excluding hydrogens is 506 g/mol. The average molecular weight is 559 g/mol. The van der Waals surface area contributed by atoms with Crippen LogP contribution in [0.1, 0.15) is 116 Å². The highest BCUT2D eigenvalue weighted by Gasteiger charge is 2.35. The van der Waals surface area contributed by atoms with Crippen molar-refractivity contribution in [1.29, 1.82) is 0 Å². The van der Waals surface area contributed by atoms with E-state index in [1.54, 1.807) is 6.92 Å². The molecule has 0 amide bonds. The van der Waals surface area contributed by atoms with Crippen molar-refractivity contribution in [2.24, 2.45) is 29.6 Å². The second-order valence-electron chi connectivity index (χ2n) is 12.7. The van der Waals surface area contributed by atoms with Crippen molar-refractivity contribution < 1.29 is 23.0 Å². The molecule has 3 saturated carbocycles. The van der Waals surface area contributed by atoms with Crippen molar-refractivity contribution in [1.82, 2.24) is 0 Å². The second-order valence-corrected chi connectivity index (χ2v) is 12.7. The van der Waals surface area contributed by atoms with Crippen LogP contribution in [-0.4, -0.2) is 20.3 Å². The van der Waals surface area contributed by atoms with E-state index >= 15 is 0 Å². The Morgan fingerprint density at radius 1 is 0.775 bits per heavy atom. The number of halogens is 2. The Hall–Kier alpha value is -2.04. The number of ether oxygens (including phenoxy) is 3. The van der Waals surface area contributed by atoms with Gasteiger partial charge in [-0.1, -0.05) is 45.2 Å². The van der Waals surface area contributed by atoms with Gasteiger partial charge in [0.1, 0.15) is 17.3 Å². The van der Waals surface area contributed by atoms with Gasteiger partial charge in [-0.25, -0.2) is 0 Å². The molecule has 1 aromatic carbocycles. The smallest absolute Gasteiger partial charge is 0.199 e. The molecule has 0 aromatic heterocycles. The quantitative estimate of drug-likeness (QED) is 0.189. The van der Waals surface area contributed by atoms with Gasteiger partial charge in [0.2, 0.25) is 0 Å². The van der Waals surface area contributed by atoms with Crippen LogP contribution in [0.3, 0.4) is 0 Å². The van der Waals surface area contributed by atoms with Gasteiger partial charge in [0.25, 0.3) is 0 Å². The first kappa shape index (κ1) is 30.9. The van der Waals surface area contributed by atoms with Crippen LogP contribution in [0.4, 0.5) is 8.78 Å². The summed E-state index contributed by atoms with van der Waals surface area (Å²) in [6.07, 6.45) is 15.7. The summed E-state index contributed by atoms with van der Waals surface area (Å²) in [6, 6.07) is 8.96. The average Bonchev–Trinajstić information content (AvgIpc) is 3.00. The van der Waals surface area contributed by atoms with E-state index in [9.17, 15) is 8.78 Å². The lowest BCUT2D eigenvalue weighted by Crippen LogP contribution is -2.30. The molecule has 224 valence electrons. The number of methoxy groups -OCH3 is 1. The van der Waals surface area contributed by atoms with Crippen molar-refractivity contribution in [3.63, 3.8) is 0 Å². The first-order valence-electron chi connectivity index (χ1n) is 16.1. The largest absolute Gasteiger partial charge is 0.498 e. The Morgan fingerprint density at radius 3 is 2.05 bits per heavy atom. The molecule has 0 radical (unpaired) electrons. The number of hydrogen-bond acceptors (Lipinski definition) is 3. The van der Waals surface area contributed by atoms with Crippen molar-refractivity contribution >= 4 is 0 Å². The summed E-state index contributed by atoms with van der Waals surface area (Å²) in [5.74, 6) is 3.52. The fraction of sp³-hybridized carbons (Fsp3) is 0.714. The Balaban J connectivity index is 1.17. The van der Waals surface area contributed by atoms with Crippen LogP contribution < -0.4 is 4.74 Å². The molecule has 3 fully saturated rings. The Kier molecular flexibility index (Phi) is 11.8. The summed E-state index contributed by atoms with van der Waals surface area (Å²) in [6.45, 7) is 6.67. The summed E-state index contributed by atoms with van der Waals surface area (Å²) in [4.78, 5) is 0. The normalized spacial score (nSPS) is 30.1. The maximum Gasteiger partial charge on any atom is 0.199 e. The van der Waals surface area contributed by atoms with Crippen molar-refractivity contribution in [2.45, 2.75) is 110 Å². The summed E-state index contributed by atoms with van der Waals surface area (Å²) in [7, 11) is 1.33. The third kappa shape index (κ3) is 8.26. The van der Waals surface area contributed by atoms with E-state index in [4.69, 9.17) is 14.2 Å². The first-order valence-corrected chi connectivity index (χ1v) is 16.1. The molecule has 3 nitrogen and oxygen atoms in total. The van der Waals surface area contributed by atoms with Gasteiger partial charge in [0, 0.05) is 6.42 Å². The fourth-order valence-electron chi connectivity index (χ4n) is 7.48. The lowest BCUT2D eigenvalue weighted by molar-refractivity contribution is 0.106. The number of fused-ring (bicyclic) bond motifs is 1. The van der Waals surface area contributed by atoms with E-state index in [0.717, 1.165) is 55.8 Å². The highest BCUT2D eigenvalue weighted by Crippen LogP contribution is 2.48. The number of allylic oxidation sites excluding steroid dienone is 4. The molecule has 0 aliphatic heterocycles. The lowest BCUT2D eigenvalue weighted by Gasteiger charge is -2.42. The van der Waals surface area contributed by atoms with Gasteiger partial charge in [0.15, 0.2) is 11.7 Å².